The van der Waals surface area contributed by atoms with Crippen molar-refractivity contribution in [1.29, 1.82) is 0 Å². The summed E-state index contributed by atoms with van der Waals surface area (Å²) < 4.78 is 7.47. The molecule has 116 valence electrons. The zero-order chi connectivity index (χ0) is 14.7. The highest BCUT2D eigenvalue weighted by Gasteiger charge is 2.23. The zero-order valence-corrected chi connectivity index (χ0v) is 13.6. The Kier molecular flexibility index (Phi) is 4.92. The van der Waals surface area contributed by atoms with E-state index in [0.717, 1.165) is 51.6 Å². The molecule has 1 aliphatic carbocycles. The molecule has 3 rings (SSSR count). The average Bonchev–Trinajstić information content (AvgIpc) is 3.31. The monoisotopic (exact) mass is 356 g/mol. The molecular formula is C14H21BrN4O2. The van der Waals surface area contributed by atoms with Gasteiger partial charge in [0.05, 0.1) is 25.1 Å². The van der Waals surface area contributed by atoms with E-state index in [4.69, 9.17) is 4.74 Å². The fourth-order valence-electron chi connectivity index (χ4n) is 2.44. The molecular weight excluding hydrogens is 336 g/mol. The summed E-state index contributed by atoms with van der Waals surface area (Å²) in [4.78, 5) is 14.6. The third kappa shape index (κ3) is 4.05. The van der Waals surface area contributed by atoms with Crippen LogP contribution in [-0.2, 0) is 11.3 Å². The molecule has 1 aromatic heterocycles. The lowest BCUT2D eigenvalue weighted by atomic mass is 10.4. The number of hydrogen-bond acceptors (Lipinski definition) is 5. The van der Waals surface area contributed by atoms with Crippen molar-refractivity contribution in [3.8, 4) is 0 Å². The number of rotatable bonds is 6. The number of nitrogens with zero attached hydrogens (tertiary/aromatic N) is 3. The summed E-state index contributed by atoms with van der Waals surface area (Å²) in [6, 6.07) is 0. The van der Waals surface area contributed by atoms with Crippen molar-refractivity contribution < 1.29 is 4.74 Å². The minimum absolute atomic E-state index is 0.0433. The van der Waals surface area contributed by atoms with Crippen molar-refractivity contribution >= 4 is 21.6 Å². The van der Waals surface area contributed by atoms with Crippen molar-refractivity contribution in [3.05, 3.63) is 21.0 Å². The fraction of sp³-hybridized carbons (Fsp3) is 0.714. The van der Waals surface area contributed by atoms with Gasteiger partial charge >= 0.3 is 0 Å². The van der Waals surface area contributed by atoms with Crippen molar-refractivity contribution in [1.82, 2.24) is 14.7 Å². The molecule has 0 spiro atoms. The molecule has 1 aliphatic heterocycles. The maximum atomic E-state index is 12.2. The summed E-state index contributed by atoms with van der Waals surface area (Å²) in [6.07, 6.45) is 4.17. The number of morpholine rings is 1. The van der Waals surface area contributed by atoms with Gasteiger partial charge in [-0.2, -0.15) is 5.10 Å². The second-order valence-corrected chi connectivity index (χ2v) is 6.48. The van der Waals surface area contributed by atoms with Crippen LogP contribution in [0.15, 0.2) is 15.5 Å². The molecule has 0 unspecified atom stereocenters. The largest absolute Gasteiger partial charge is 0.381 e. The number of halogens is 1. The molecule has 1 aromatic rings. The van der Waals surface area contributed by atoms with Gasteiger partial charge in [0.25, 0.3) is 5.56 Å². The van der Waals surface area contributed by atoms with Crippen LogP contribution < -0.4 is 10.9 Å². The third-order valence-corrected chi connectivity index (χ3v) is 4.73. The van der Waals surface area contributed by atoms with E-state index in [1.54, 1.807) is 10.9 Å². The van der Waals surface area contributed by atoms with E-state index < -0.39 is 0 Å². The predicted octanol–water partition coefficient (Wildman–Crippen LogP) is 1.16. The van der Waals surface area contributed by atoms with Gasteiger partial charge in [-0.05, 0) is 34.7 Å². The molecule has 2 aliphatic rings. The Bertz CT molecular complexity index is 538. The molecule has 0 aromatic carbocycles. The van der Waals surface area contributed by atoms with Gasteiger partial charge in [0, 0.05) is 32.7 Å². The van der Waals surface area contributed by atoms with E-state index in [1.165, 1.54) is 12.8 Å². The molecule has 7 heteroatoms. The third-order valence-electron chi connectivity index (χ3n) is 3.96. The molecule has 1 saturated carbocycles. The lowest BCUT2D eigenvalue weighted by Gasteiger charge is -2.26. The second-order valence-electron chi connectivity index (χ2n) is 5.68. The summed E-state index contributed by atoms with van der Waals surface area (Å²) in [7, 11) is 0. The summed E-state index contributed by atoms with van der Waals surface area (Å²) >= 11 is 3.40. The molecule has 2 heterocycles. The number of hydrogen-bond donors (Lipinski definition) is 1. The Morgan fingerprint density at radius 1 is 1.38 bits per heavy atom. The molecule has 0 radical (unpaired) electrons. The molecule has 1 saturated heterocycles. The Labute approximate surface area is 132 Å². The number of anilines is 1. The second kappa shape index (κ2) is 6.89. The lowest BCUT2D eigenvalue weighted by molar-refractivity contribution is 0.0398. The molecule has 1 N–H and O–H groups in total. The maximum absolute atomic E-state index is 12.2. The van der Waals surface area contributed by atoms with Crippen molar-refractivity contribution in [2.45, 2.75) is 19.4 Å². The van der Waals surface area contributed by atoms with E-state index in [2.05, 4.69) is 31.2 Å². The Morgan fingerprint density at radius 3 is 2.86 bits per heavy atom. The van der Waals surface area contributed by atoms with Gasteiger partial charge in [-0.1, -0.05) is 0 Å². The fourth-order valence-corrected chi connectivity index (χ4v) is 2.88. The van der Waals surface area contributed by atoms with Gasteiger partial charge in [0.2, 0.25) is 0 Å². The van der Waals surface area contributed by atoms with Crippen LogP contribution in [0.2, 0.25) is 0 Å². The standard InChI is InChI=1S/C14H21BrN4O2/c15-13-12(16-3-4-18-5-7-21-8-6-18)9-17-19(14(13)20)10-11-1-2-11/h9,11,16H,1-8,10H2. The first-order valence-electron chi connectivity index (χ1n) is 7.53. The number of nitrogens with one attached hydrogen (secondary N) is 1. The summed E-state index contributed by atoms with van der Waals surface area (Å²) in [5.74, 6) is 0.641. The lowest BCUT2D eigenvalue weighted by Crippen LogP contribution is -2.39. The molecule has 2 fully saturated rings. The van der Waals surface area contributed by atoms with Crippen molar-refractivity contribution in [2.75, 3.05) is 44.7 Å². The highest BCUT2D eigenvalue weighted by Crippen LogP contribution is 2.30. The van der Waals surface area contributed by atoms with Gasteiger partial charge in [-0.25, -0.2) is 4.68 Å². The first kappa shape index (κ1) is 15.0. The maximum Gasteiger partial charge on any atom is 0.283 e. The van der Waals surface area contributed by atoms with Gasteiger partial charge in [-0.3, -0.25) is 9.69 Å². The van der Waals surface area contributed by atoms with Gasteiger partial charge in [0.1, 0.15) is 4.47 Å². The van der Waals surface area contributed by atoms with Crippen LogP contribution in [0.25, 0.3) is 0 Å². The van der Waals surface area contributed by atoms with E-state index >= 15 is 0 Å². The van der Waals surface area contributed by atoms with Gasteiger partial charge in [-0.15, -0.1) is 0 Å². The normalized spacial score (nSPS) is 19.7. The van der Waals surface area contributed by atoms with Crippen LogP contribution >= 0.6 is 15.9 Å². The quantitative estimate of drug-likeness (QED) is 0.828. The Balaban J connectivity index is 1.54. The van der Waals surface area contributed by atoms with Crippen LogP contribution in [0.1, 0.15) is 12.8 Å². The van der Waals surface area contributed by atoms with Crippen LogP contribution in [0, 0.1) is 5.92 Å². The zero-order valence-electron chi connectivity index (χ0n) is 12.1. The number of ether oxygens (including phenoxy) is 1. The average molecular weight is 357 g/mol. The van der Waals surface area contributed by atoms with E-state index in [0.29, 0.717) is 10.4 Å². The first-order chi connectivity index (χ1) is 10.2. The molecule has 21 heavy (non-hydrogen) atoms. The minimum Gasteiger partial charge on any atom is -0.381 e. The predicted molar refractivity (Wildman–Crippen MR) is 84.7 cm³/mol. The topological polar surface area (TPSA) is 59.4 Å². The smallest absolute Gasteiger partial charge is 0.283 e. The van der Waals surface area contributed by atoms with E-state index in [-0.39, 0.29) is 5.56 Å². The van der Waals surface area contributed by atoms with Crippen LogP contribution in [0.4, 0.5) is 5.69 Å². The van der Waals surface area contributed by atoms with Crippen LogP contribution in [0.3, 0.4) is 0 Å². The molecule has 0 bridgehead atoms. The van der Waals surface area contributed by atoms with Crippen LogP contribution in [0.5, 0.6) is 0 Å². The SMILES string of the molecule is O=c1c(Br)c(NCCN2CCOCC2)cnn1CC1CC1. The van der Waals surface area contributed by atoms with Gasteiger partial charge < -0.3 is 10.1 Å². The van der Waals surface area contributed by atoms with Crippen LogP contribution in [-0.4, -0.2) is 54.1 Å². The summed E-state index contributed by atoms with van der Waals surface area (Å²) in [5.41, 5.74) is 0.735. The molecule has 6 nitrogen and oxygen atoms in total. The van der Waals surface area contributed by atoms with E-state index in [1.807, 2.05) is 0 Å². The minimum atomic E-state index is -0.0433. The Hall–Kier alpha value is -0.920. The van der Waals surface area contributed by atoms with E-state index in [9.17, 15) is 4.79 Å². The highest BCUT2D eigenvalue weighted by molar-refractivity contribution is 9.10. The highest BCUT2D eigenvalue weighted by atomic mass is 79.9. The van der Waals surface area contributed by atoms with Crippen molar-refractivity contribution in [2.24, 2.45) is 5.92 Å². The Morgan fingerprint density at radius 2 is 2.14 bits per heavy atom. The summed E-state index contributed by atoms with van der Waals surface area (Å²) in [6.45, 7) is 6.05. The number of aromatic nitrogens is 2. The van der Waals surface area contributed by atoms with Gasteiger partial charge in [0.15, 0.2) is 0 Å². The summed E-state index contributed by atoms with van der Waals surface area (Å²) in [5, 5.41) is 7.55. The first-order valence-corrected chi connectivity index (χ1v) is 8.33. The molecule has 0 atom stereocenters. The van der Waals surface area contributed by atoms with Crippen molar-refractivity contribution in [3.63, 3.8) is 0 Å². The molecule has 0 amide bonds.